The number of aliphatic hydroxyl groups excluding tert-OH is 1. The molecule has 0 saturated carbocycles. The van der Waals surface area contributed by atoms with Crippen molar-refractivity contribution >= 4 is 0 Å². The van der Waals surface area contributed by atoms with Gasteiger partial charge in [-0.25, -0.2) is 0 Å². The summed E-state index contributed by atoms with van der Waals surface area (Å²) in [4.78, 5) is 4.55. The lowest BCUT2D eigenvalue weighted by Crippen LogP contribution is -2.34. The van der Waals surface area contributed by atoms with Crippen molar-refractivity contribution in [3.63, 3.8) is 0 Å². The largest absolute Gasteiger partial charge is 0.396 e. The lowest BCUT2D eigenvalue weighted by Gasteiger charge is -2.23. The van der Waals surface area contributed by atoms with Crippen molar-refractivity contribution in [1.82, 2.24) is 9.80 Å². The fourth-order valence-electron chi connectivity index (χ4n) is 1.51. The minimum atomic E-state index is 0.291. The van der Waals surface area contributed by atoms with Gasteiger partial charge < -0.3 is 5.11 Å². The first-order chi connectivity index (χ1) is 4.75. The van der Waals surface area contributed by atoms with Crippen LogP contribution in [0.4, 0.5) is 0 Å². The molecule has 0 aromatic rings. The van der Waals surface area contributed by atoms with Crippen LogP contribution in [0.15, 0.2) is 0 Å². The molecule has 3 nitrogen and oxygen atoms in total. The fraction of sp³-hybridized carbons (Fsp3) is 1.00. The average molecular weight is 144 g/mol. The van der Waals surface area contributed by atoms with E-state index in [0.29, 0.717) is 12.8 Å². The van der Waals surface area contributed by atoms with Gasteiger partial charge in [-0.15, -0.1) is 0 Å². The smallest absolute Gasteiger partial charge is 0.0640 e. The van der Waals surface area contributed by atoms with Crippen LogP contribution in [0.25, 0.3) is 0 Å². The maximum atomic E-state index is 8.71. The molecule has 1 rings (SSSR count). The molecule has 1 heterocycles. The van der Waals surface area contributed by atoms with E-state index in [1.165, 1.54) is 0 Å². The third-order valence-corrected chi connectivity index (χ3v) is 2.21. The van der Waals surface area contributed by atoms with Crippen molar-refractivity contribution in [1.29, 1.82) is 0 Å². The molecule has 60 valence electrons. The van der Waals surface area contributed by atoms with Crippen LogP contribution in [0.2, 0.25) is 0 Å². The van der Waals surface area contributed by atoms with E-state index in [9.17, 15) is 0 Å². The standard InChI is InChI=1S/C7H16N2O/c1-8-4-5-9(2)7(8)3-6-10/h7,10H,3-6H2,1-2H3. The topological polar surface area (TPSA) is 26.7 Å². The molecule has 0 aromatic carbocycles. The molecule has 1 saturated heterocycles. The summed E-state index contributed by atoms with van der Waals surface area (Å²) in [6.07, 6.45) is 1.33. The van der Waals surface area contributed by atoms with Gasteiger partial charge in [-0.05, 0) is 20.5 Å². The van der Waals surface area contributed by atoms with E-state index in [2.05, 4.69) is 23.9 Å². The Labute approximate surface area is 62.2 Å². The van der Waals surface area contributed by atoms with Crippen LogP contribution in [-0.2, 0) is 0 Å². The van der Waals surface area contributed by atoms with Crippen LogP contribution < -0.4 is 0 Å². The van der Waals surface area contributed by atoms with Gasteiger partial charge in [-0.3, -0.25) is 9.80 Å². The highest BCUT2D eigenvalue weighted by molar-refractivity contribution is 4.76. The zero-order chi connectivity index (χ0) is 7.56. The lowest BCUT2D eigenvalue weighted by molar-refractivity contribution is 0.141. The number of aliphatic hydroxyl groups is 1. The van der Waals surface area contributed by atoms with E-state index >= 15 is 0 Å². The van der Waals surface area contributed by atoms with E-state index in [-0.39, 0.29) is 0 Å². The van der Waals surface area contributed by atoms with Crippen LogP contribution in [0, 0.1) is 0 Å². The van der Waals surface area contributed by atoms with Gasteiger partial charge in [0.2, 0.25) is 0 Å². The molecule has 0 atom stereocenters. The summed E-state index contributed by atoms with van der Waals surface area (Å²) in [5.74, 6) is 0. The molecule has 1 N–H and O–H groups in total. The fourth-order valence-corrected chi connectivity index (χ4v) is 1.51. The van der Waals surface area contributed by atoms with Crippen LogP contribution >= 0.6 is 0 Å². The van der Waals surface area contributed by atoms with E-state index < -0.39 is 0 Å². The van der Waals surface area contributed by atoms with Gasteiger partial charge in [0.15, 0.2) is 0 Å². The average Bonchev–Trinajstić information content (AvgIpc) is 2.20. The maximum Gasteiger partial charge on any atom is 0.0640 e. The normalized spacial score (nSPS) is 24.3. The Morgan fingerprint density at radius 3 is 2.20 bits per heavy atom. The number of hydrogen-bond donors (Lipinski definition) is 1. The minimum Gasteiger partial charge on any atom is -0.396 e. The Morgan fingerprint density at radius 2 is 1.80 bits per heavy atom. The Kier molecular flexibility index (Phi) is 2.65. The summed E-state index contributed by atoms with van der Waals surface area (Å²) >= 11 is 0. The highest BCUT2D eigenvalue weighted by Gasteiger charge is 2.24. The molecular weight excluding hydrogens is 128 g/mol. The minimum absolute atomic E-state index is 0.291. The third-order valence-electron chi connectivity index (χ3n) is 2.21. The molecule has 0 amide bonds. The van der Waals surface area contributed by atoms with Crippen LogP contribution in [0.1, 0.15) is 6.42 Å². The summed E-state index contributed by atoms with van der Waals surface area (Å²) in [6.45, 7) is 2.54. The molecule has 0 aliphatic carbocycles. The van der Waals surface area contributed by atoms with Crippen molar-refractivity contribution in [2.24, 2.45) is 0 Å². The number of hydrogen-bond acceptors (Lipinski definition) is 3. The monoisotopic (exact) mass is 144 g/mol. The van der Waals surface area contributed by atoms with Crippen LogP contribution in [-0.4, -0.2) is 54.9 Å². The number of rotatable bonds is 2. The Morgan fingerprint density at radius 1 is 1.30 bits per heavy atom. The van der Waals surface area contributed by atoms with Crippen LogP contribution in [0.5, 0.6) is 0 Å². The van der Waals surface area contributed by atoms with Crippen LogP contribution in [0.3, 0.4) is 0 Å². The molecule has 0 unspecified atom stereocenters. The summed E-state index contributed by atoms with van der Waals surface area (Å²) < 4.78 is 0. The molecule has 10 heavy (non-hydrogen) atoms. The van der Waals surface area contributed by atoms with E-state index in [4.69, 9.17) is 5.11 Å². The predicted molar refractivity (Wildman–Crippen MR) is 40.8 cm³/mol. The first-order valence-corrected chi connectivity index (χ1v) is 3.77. The van der Waals surface area contributed by atoms with Crippen molar-refractivity contribution in [3.05, 3.63) is 0 Å². The second-order valence-corrected chi connectivity index (χ2v) is 2.95. The van der Waals surface area contributed by atoms with Crippen molar-refractivity contribution in [2.45, 2.75) is 12.6 Å². The lowest BCUT2D eigenvalue weighted by atomic mass is 10.3. The molecule has 1 aliphatic heterocycles. The Hall–Kier alpha value is -0.120. The van der Waals surface area contributed by atoms with Gasteiger partial charge >= 0.3 is 0 Å². The zero-order valence-corrected chi connectivity index (χ0v) is 6.75. The van der Waals surface area contributed by atoms with Gasteiger partial charge in [0.05, 0.1) is 6.17 Å². The van der Waals surface area contributed by atoms with Gasteiger partial charge in [0.1, 0.15) is 0 Å². The quantitative estimate of drug-likeness (QED) is 0.570. The van der Waals surface area contributed by atoms with E-state index in [1.807, 2.05) is 0 Å². The molecule has 0 aromatic heterocycles. The van der Waals surface area contributed by atoms with E-state index in [1.54, 1.807) is 0 Å². The summed E-state index contributed by atoms with van der Waals surface area (Å²) in [7, 11) is 4.20. The van der Waals surface area contributed by atoms with Gasteiger partial charge in [0, 0.05) is 19.7 Å². The third kappa shape index (κ3) is 1.48. The zero-order valence-electron chi connectivity index (χ0n) is 6.75. The number of likely N-dealkylation sites (N-methyl/N-ethyl adjacent to an activating group) is 2. The SMILES string of the molecule is CN1CCN(C)C1CCO. The molecular formula is C7H16N2O. The van der Waals surface area contributed by atoms with Gasteiger partial charge in [-0.1, -0.05) is 0 Å². The summed E-state index contributed by atoms with van der Waals surface area (Å²) in [5, 5.41) is 8.71. The summed E-state index contributed by atoms with van der Waals surface area (Å²) in [6, 6.07) is 0. The van der Waals surface area contributed by atoms with Gasteiger partial charge in [0.25, 0.3) is 0 Å². The second-order valence-electron chi connectivity index (χ2n) is 2.95. The first-order valence-electron chi connectivity index (χ1n) is 3.77. The molecule has 0 radical (unpaired) electrons. The molecule has 0 spiro atoms. The highest BCUT2D eigenvalue weighted by atomic mass is 16.3. The van der Waals surface area contributed by atoms with E-state index in [0.717, 1.165) is 19.5 Å². The Balaban J connectivity index is 2.38. The second kappa shape index (κ2) is 3.32. The van der Waals surface area contributed by atoms with Gasteiger partial charge in [-0.2, -0.15) is 0 Å². The molecule has 1 aliphatic rings. The van der Waals surface area contributed by atoms with Crippen molar-refractivity contribution < 1.29 is 5.11 Å². The predicted octanol–water partition coefficient (Wildman–Crippen LogP) is -0.428. The number of nitrogens with zero attached hydrogens (tertiary/aromatic N) is 2. The highest BCUT2D eigenvalue weighted by Crippen LogP contribution is 2.11. The summed E-state index contributed by atoms with van der Waals surface area (Å²) in [5.41, 5.74) is 0. The first kappa shape index (κ1) is 7.98. The maximum absolute atomic E-state index is 8.71. The molecule has 0 bridgehead atoms. The molecule has 1 fully saturated rings. The Bertz CT molecular complexity index is 97.8. The molecule has 3 heteroatoms. The van der Waals surface area contributed by atoms with Crippen molar-refractivity contribution in [2.75, 3.05) is 33.8 Å². The van der Waals surface area contributed by atoms with Crippen molar-refractivity contribution in [3.8, 4) is 0 Å².